The second kappa shape index (κ2) is 7.60. The number of ether oxygens (including phenoxy) is 1. The first-order chi connectivity index (χ1) is 12.5. The number of hydrogen-bond acceptors (Lipinski definition) is 5. The van der Waals surface area contributed by atoms with Crippen molar-refractivity contribution in [3.8, 4) is 0 Å². The lowest BCUT2D eigenvalue weighted by molar-refractivity contribution is -0.141. The molecule has 2 aromatic carbocycles. The molecule has 0 radical (unpaired) electrons. The Morgan fingerprint density at radius 2 is 1.85 bits per heavy atom. The van der Waals surface area contributed by atoms with E-state index in [0.29, 0.717) is 5.58 Å². The first kappa shape index (κ1) is 17.3. The van der Waals surface area contributed by atoms with Gasteiger partial charge in [0.05, 0.1) is 0 Å². The molecule has 1 amide bonds. The number of fused-ring (bicyclic) bond motifs is 1. The van der Waals surface area contributed by atoms with Crippen LogP contribution >= 0.6 is 0 Å². The quantitative estimate of drug-likeness (QED) is 0.543. The standard InChI is InChI=1S/C19H14FNO5/c20-14-6-3-5-13(8-14)19(24)21-10-18(23)25-11-15(22)17-9-12-4-1-2-7-16(12)26-17/h1-9H,10-11H2,(H,21,24). The number of Topliss-reactive ketones (excluding diaryl/α,β-unsaturated/α-hetero) is 1. The first-order valence-corrected chi connectivity index (χ1v) is 7.74. The molecule has 132 valence electrons. The molecular formula is C19H14FNO5. The number of carbonyl (C=O) groups is 3. The second-order valence-corrected chi connectivity index (χ2v) is 5.43. The van der Waals surface area contributed by atoms with Gasteiger partial charge in [0.1, 0.15) is 17.9 Å². The van der Waals surface area contributed by atoms with Gasteiger partial charge < -0.3 is 14.5 Å². The molecule has 1 aromatic heterocycles. The first-order valence-electron chi connectivity index (χ1n) is 7.74. The molecule has 0 aliphatic heterocycles. The minimum atomic E-state index is -0.792. The van der Waals surface area contributed by atoms with Crippen molar-refractivity contribution in [1.29, 1.82) is 0 Å². The summed E-state index contributed by atoms with van der Waals surface area (Å²) in [5.41, 5.74) is 0.640. The van der Waals surface area contributed by atoms with Crippen LogP contribution in [0.2, 0.25) is 0 Å². The molecule has 3 rings (SSSR count). The molecule has 0 aliphatic rings. The summed E-state index contributed by atoms with van der Waals surface area (Å²) in [5.74, 6) is -2.38. The summed E-state index contributed by atoms with van der Waals surface area (Å²) in [6, 6.07) is 13.7. The third kappa shape index (κ3) is 4.13. The third-order valence-corrected chi connectivity index (χ3v) is 3.54. The van der Waals surface area contributed by atoms with E-state index in [-0.39, 0.29) is 11.3 Å². The zero-order chi connectivity index (χ0) is 18.5. The van der Waals surface area contributed by atoms with Gasteiger partial charge in [-0.15, -0.1) is 0 Å². The summed E-state index contributed by atoms with van der Waals surface area (Å²) in [5, 5.41) is 3.06. The molecule has 0 aliphatic carbocycles. The van der Waals surface area contributed by atoms with Crippen molar-refractivity contribution >= 4 is 28.6 Å². The lowest BCUT2D eigenvalue weighted by Crippen LogP contribution is -2.31. The number of esters is 1. The normalized spacial score (nSPS) is 10.5. The van der Waals surface area contributed by atoms with Crippen molar-refractivity contribution in [3.63, 3.8) is 0 Å². The molecule has 0 fully saturated rings. The number of ketones is 1. The van der Waals surface area contributed by atoms with Crippen LogP contribution in [-0.2, 0) is 9.53 Å². The highest BCUT2D eigenvalue weighted by Gasteiger charge is 2.15. The Balaban J connectivity index is 1.49. The van der Waals surface area contributed by atoms with E-state index in [0.717, 1.165) is 11.5 Å². The minimum Gasteiger partial charge on any atom is -0.456 e. The van der Waals surface area contributed by atoms with E-state index >= 15 is 0 Å². The number of carbonyl (C=O) groups excluding carboxylic acids is 3. The molecule has 0 saturated heterocycles. The summed E-state index contributed by atoms with van der Waals surface area (Å²) in [6.07, 6.45) is 0. The predicted molar refractivity (Wildman–Crippen MR) is 90.2 cm³/mol. The number of para-hydroxylation sites is 1. The van der Waals surface area contributed by atoms with Crippen molar-refractivity contribution in [2.45, 2.75) is 0 Å². The lowest BCUT2D eigenvalue weighted by atomic mass is 10.2. The molecular weight excluding hydrogens is 341 g/mol. The minimum absolute atomic E-state index is 0.0798. The van der Waals surface area contributed by atoms with Gasteiger partial charge in [0.25, 0.3) is 5.91 Å². The molecule has 7 heteroatoms. The Morgan fingerprint density at radius 1 is 1.04 bits per heavy atom. The smallest absolute Gasteiger partial charge is 0.325 e. The van der Waals surface area contributed by atoms with Crippen LogP contribution in [-0.4, -0.2) is 30.8 Å². The van der Waals surface area contributed by atoms with Crippen molar-refractivity contribution in [1.82, 2.24) is 5.32 Å². The molecule has 0 saturated carbocycles. The highest BCUT2D eigenvalue weighted by Crippen LogP contribution is 2.19. The summed E-state index contributed by atoms with van der Waals surface area (Å²) in [4.78, 5) is 35.5. The van der Waals surface area contributed by atoms with E-state index in [1.54, 1.807) is 24.3 Å². The molecule has 0 spiro atoms. The van der Waals surface area contributed by atoms with Gasteiger partial charge in [-0.1, -0.05) is 24.3 Å². The Hall–Kier alpha value is -3.48. The Bertz CT molecular complexity index is 946. The Labute approximate surface area is 147 Å². The number of hydrogen-bond donors (Lipinski definition) is 1. The van der Waals surface area contributed by atoms with Crippen LogP contribution in [0.15, 0.2) is 59.0 Å². The van der Waals surface area contributed by atoms with Gasteiger partial charge >= 0.3 is 5.97 Å². The van der Waals surface area contributed by atoms with Crippen LogP contribution in [0.25, 0.3) is 11.0 Å². The summed E-state index contributed by atoms with van der Waals surface area (Å²) in [6.45, 7) is -0.947. The van der Waals surface area contributed by atoms with E-state index in [2.05, 4.69) is 5.32 Å². The number of amides is 1. The van der Waals surface area contributed by atoms with E-state index in [4.69, 9.17) is 9.15 Å². The fourth-order valence-electron chi connectivity index (χ4n) is 2.27. The third-order valence-electron chi connectivity index (χ3n) is 3.54. The fourth-order valence-corrected chi connectivity index (χ4v) is 2.27. The Morgan fingerprint density at radius 3 is 2.62 bits per heavy atom. The monoisotopic (exact) mass is 355 g/mol. The van der Waals surface area contributed by atoms with Crippen molar-refractivity contribution in [3.05, 3.63) is 71.7 Å². The molecule has 26 heavy (non-hydrogen) atoms. The number of rotatable bonds is 6. The average Bonchev–Trinajstić information content (AvgIpc) is 3.08. The highest BCUT2D eigenvalue weighted by molar-refractivity contribution is 5.99. The largest absolute Gasteiger partial charge is 0.456 e. The molecule has 1 N–H and O–H groups in total. The molecule has 0 unspecified atom stereocenters. The van der Waals surface area contributed by atoms with Crippen LogP contribution in [0.4, 0.5) is 4.39 Å². The van der Waals surface area contributed by atoms with Gasteiger partial charge in [-0.2, -0.15) is 0 Å². The van der Waals surface area contributed by atoms with E-state index in [9.17, 15) is 18.8 Å². The lowest BCUT2D eigenvalue weighted by Gasteiger charge is -2.05. The van der Waals surface area contributed by atoms with Gasteiger partial charge in [0.15, 0.2) is 12.4 Å². The van der Waals surface area contributed by atoms with Gasteiger partial charge in [-0.25, -0.2) is 4.39 Å². The van der Waals surface area contributed by atoms with Crippen LogP contribution in [0.5, 0.6) is 0 Å². The van der Waals surface area contributed by atoms with Gasteiger partial charge in [-0.05, 0) is 30.3 Å². The van der Waals surface area contributed by atoms with E-state index in [1.165, 1.54) is 18.2 Å². The van der Waals surface area contributed by atoms with Crippen LogP contribution < -0.4 is 5.32 Å². The summed E-state index contributed by atoms with van der Waals surface area (Å²) in [7, 11) is 0. The average molecular weight is 355 g/mol. The number of nitrogens with one attached hydrogen (secondary N) is 1. The second-order valence-electron chi connectivity index (χ2n) is 5.43. The zero-order valence-corrected chi connectivity index (χ0v) is 13.5. The summed E-state index contributed by atoms with van der Waals surface area (Å²) < 4.78 is 23.3. The van der Waals surface area contributed by atoms with Gasteiger partial charge in [0.2, 0.25) is 5.78 Å². The van der Waals surface area contributed by atoms with Crippen LogP contribution in [0.1, 0.15) is 20.9 Å². The number of halogens is 1. The number of benzene rings is 2. The highest BCUT2D eigenvalue weighted by atomic mass is 19.1. The van der Waals surface area contributed by atoms with E-state index in [1.807, 2.05) is 6.07 Å². The Kier molecular flexibility index (Phi) is 5.07. The topological polar surface area (TPSA) is 85.6 Å². The molecule has 0 atom stereocenters. The maximum absolute atomic E-state index is 13.1. The van der Waals surface area contributed by atoms with Crippen LogP contribution in [0, 0.1) is 5.82 Å². The molecule has 1 heterocycles. The molecule has 0 bridgehead atoms. The van der Waals surface area contributed by atoms with Crippen molar-refractivity contribution < 1.29 is 27.9 Å². The van der Waals surface area contributed by atoms with Gasteiger partial charge in [0, 0.05) is 10.9 Å². The number of furan rings is 1. The van der Waals surface area contributed by atoms with Crippen molar-refractivity contribution in [2.75, 3.05) is 13.2 Å². The maximum Gasteiger partial charge on any atom is 0.325 e. The predicted octanol–water partition coefficient (Wildman–Crippen LogP) is 2.73. The fraction of sp³-hybridized carbons (Fsp3) is 0.105. The maximum atomic E-state index is 13.1. The SMILES string of the molecule is O=C(CNC(=O)c1cccc(F)c1)OCC(=O)c1cc2ccccc2o1. The zero-order valence-electron chi connectivity index (χ0n) is 13.5. The van der Waals surface area contributed by atoms with Crippen LogP contribution in [0.3, 0.4) is 0 Å². The molecule has 6 nitrogen and oxygen atoms in total. The van der Waals surface area contributed by atoms with Gasteiger partial charge in [-0.3, -0.25) is 14.4 Å². The summed E-state index contributed by atoms with van der Waals surface area (Å²) >= 11 is 0. The van der Waals surface area contributed by atoms with E-state index < -0.39 is 36.6 Å². The molecule has 3 aromatic rings. The van der Waals surface area contributed by atoms with Crippen molar-refractivity contribution in [2.24, 2.45) is 0 Å².